The maximum Gasteiger partial charge on any atom is 0.274 e. The molecule has 24 heavy (non-hydrogen) atoms. The fourth-order valence-electron chi connectivity index (χ4n) is 3.28. The highest BCUT2D eigenvalue weighted by atomic mass is 16.2. The maximum atomic E-state index is 12.9. The number of carbonyl (C=O) groups excluding carboxylic acids is 1. The molecule has 0 saturated carbocycles. The lowest BCUT2D eigenvalue weighted by Gasteiger charge is -2.35. The lowest BCUT2D eigenvalue weighted by atomic mass is 10.0. The van der Waals surface area contributed by atoms with Crippen molar-refractivity contribution in [3.63, 3.8) is 0 Å². The van der Waals surface area contributed by atoms with E-state index in [2.05, 4.69) is 10.2 Å². The van der Waals surface area contributed by atoms with E-state index < -0.39 is 0 Å². The Bertz CT molecular complexity index is 808. The molecule has 0 unspecified atom stereocenters. The Kier molecular flexibility index (Phi) is 4.51. The predicted molar refractivity (Wildman–Crippen MR) is 89.9 cm³/mol. The van der Waals surface area contributed by atoms with Crippen molar-refractivity contribution < 1.29 is 4.79 Å². The number of likely N-dealkylation sites (tertiary alicyclic amines) is 1. The monoisotopic (exact) mass is 329 g/mol. The first-order valence-corrected chi connectivity index (χ1v) is 8.32. The van der Waals surface area contributed by atoms with Crippen LogP contribution in [0.25, 0.3) is 0 Å². The highest BCUT2D eigenvalue weighted by molar-refractivity contribution is 5.92. The second-order valence-corrected chi connectivity index (χ2v) is 6.44. The van der Waals surface area contributed by atoms with Gasteiger partial charge >= 0.3 is 0 Å². The number of nitrogens with zero attached hydrogens (tertiary/aromatic N) is 5. The third-order valence-corrected chi connectivity index (χ3v) is 4.55. The Hall–Kier alpha value is -2.44. The van der Waals surface area contributed by atoms with Gasteiger partial charge in [0.05, 0.1) is 18.3 Å². The minimum absolute atomic E-state index is 0.100. The lowest BCUT2D eigenvalue weighted by Crippen LogP contribution is -2.46. The average molecular weight is 329 g/mol. The van der Waals surface area contributed by atoms with Crippen LogP contribution in [0.15, 0.2) is 23.0 Å². The Morgan fingerprint density at radius 3 is 2.71 bits per heavy atom. The van der Waals surface area contributed by atoms with Crippen LogP contribution in [0.1, 0.15) is 41.1 Å². The van der Waals surface area contributed by atoms with Crippen molar-refractivity contribution in [1.82, 2.24) is 24.5 Å². The molecule has 0 radical (unpaired) electrons. The first-order valence-electron chi connectivity index (χ1n) is 8.32. The van der Waals surface area contributed by atoms with Crippen molar-refractivity contribution in [2.75, 3.05) is 6.54 Å². The maximum absolute atomic E-state index is 12.9. The number of carbonyl (C=O) groups is 1. The van der Waals surface area contributed by atoms with Crippen LogP contribution in [-0.2, 0) is 13.6 Å². The summed E-state index contributed by atoms with van der Waals surface area (Å²) in [5, 5.41) is 8.62. The van der Waals surface area contributed by atoms with Crippen LogP contribution in [0.5, 0.6) is 0 Å². The molecule has 1 aliphatic heterocycles. The third kappa shape index (κ3) is 3.25. The second kappa shape index (κ2) is 6.59. The van der Waals surface area contributed by atoms with Gasteiger partial charge in [0.15, 0.2) is 0 Å². The molecule has 0 aromatic carbocycles. The van der Waals surface area contributed by atoms with E-state index in [1.54, 1.807) is 7.05 Å². The highest BCUT2D eigenvalue weighted by Crippen LogP contribution is 2.21. The first-order chi connectivity index (χ1) is 11.5. The quantitative estimate of drug-likeness (QED) is 0.850. The minimum atomic E-state index is -0.218. The summed E-state index contributed by atoms with van der Waals surface area (Å²) >= 11 is 0. The largest absolute Gasteiger partial charge is 0.332 e. The van der Waals surface area contributed by atoms with Crippen molar-refractivity contribution in [3.8, 4) is 0 Å². The summed E-state index contributed by atoms with van der Waals surface area (Å²) in [4.78, 5) is 26.2. The Labute approximate surface area is 140 Å². The van der Waals surface area contributed by atoms with Gasteiger partial charge in [0.2, 0.25) is 0 Å². The summed E-state index contributed by atoms with van der Waals surface area (Å²) in [6.07, 6.45) is 3.05. The van der Waals surface area contributed by atoms with Crippen molar-refractivity contribution in [2.24, 2.45) is 7.05 Å². The molecule has 0 bridgehead atoms. The van der Waals surface area contributed by atoms with Crippen LogP contribution in [0, 0.1) is 13.8 Å². The third-order valence-electron chi connectivity index (χ3n) is 4.55. The number of amides is 1. The van der Waals surface area contributed by atoms with E-state index in [0.717, 1.165) is 30.7 Å². The van der Waals surface area contributed by atoms with Crippen molar-refractivity contribution in [2.45, 2.75) is 45.7 Å². The van der Waals surface area contributed by atoms with Crippen LogP contribution < -0.4 is 5.56 Å². The van der Waals surface area contributed by atoms with Gasteiger partial charge in [0, 0.05) is 25.4 Å². The lowest BCUT2D eigenvalue weighted by molar-refractivity contribution is 0.0574. The molecule has 2 aromatic rings. The van der Waals surface area contributed by atoms with Crippen LogP contribution in [0.4, 0.5) is 0 Å². The average Bonchev–Trinajstić information content (AvgIpc) is 2.87. The van der Waals surface area contributed by atoms with Crippen LogP contribution >= 0.6 is 0 Å². The molecular formula is C17H23N5O2. The van der Waals surface area contributed by atoms with Gasteiger partial charge in [-0.25, -0.2) is 4.68 Å². The second-order valence-electron chi connectivity index (χ2n) is 6.44. The van der Waals surface area contributed by atoms with Gasteiger partial charge in [-0.05, 0) is 45.2 Å². The zero-order chi connectivity index (χ0) is 17.3. The molecule has 1 saturated heterocycles. The zero-order valence-electron chi connectivity index (χ0n) is 14.4. The van der Waals surface area contributed by atoms with Gasteiger partial charge < -0.3 is 4.90 Å². The van der Waals surface area contributed by atoms with Crippen LogP contribution in [0.3, 0.4) is 0 Å². The van der Waals surface area contributed by atoms with E-state index in [-0.39, 0.29) is 17.5 Å². The number of aryl methyl sites for hydroxylation is 3. The molecule has 3 rings (SSSR count). The highest BCUT2D eigenvalue weighted by Gasteiger charge is 2.29. The molecule has 7 nitrogen and oxygen atoms in total. The molecule has 0 N–H and O–H groups in total. The Balaban J connectivity index is 1.83. The Morgan fingerprint density at radius 1 is 1.25 bits per heavy atom. The molecule has 1 aliphatic rings. The van der Waals surface area contributed by atoms with E-state index >= 15 is 0 Å². The van der Waals surface area contributed by atoms with E-state index in [0.29, 0.717) is 18.8 Å². The zero-order valence-corrected chi connectivity index (χ0v) is 14.4. The summed E-state index contributed by atoms with van der Waals surface area (Å²) in [5.74, 6) is -0.114. The SMILES string of the molecule is Cc1cc(C)n(C[C@H]2CCCCN2C(=O)c2ccc(=O)n(C)n2)n1. The van der Waals surface area contributed by atoms with Gasteiger partial charge in [0.25, 0.3) is 11.5 Å². The fraction of sp³-hybridized carbons (Fsp3) is 0.529. The summed E-state index contributed by atoms with van der Waals surface area (Å²) < 4.78 is 3.17. The molecule has 3 heterocycles. The van der Waals surface area contributed by atoms with Gasteiger partial charge in [-0.1, -0.05) is 0 Å². The molecular weight excluding hydrogens is 306 g/mol. The summed E-state index contributed by atoms with van der Waals surface area (Å²) in [5.41, 5.74) is 2.19. The van der Waals surface area contributed by atoms with Crippen LogP contribution in [-0.4, -0.2) is 43.0 Å². The molecule has 2 aromatic heterocycles. The number of rotatable bonds is 3. The van der Waals surface area contributed by atoms with E-state index in [1.165, 1.54) is 16.8 Å². The number of piperidine rings is 1. The van der Waals surface area contributed by atoms with Gasteiger partial charge in [-0.15, -0.1) is 0 Å². The molecule has 1 fully saturated rings. The fourth-order valence-corrected chi connectivity index (χ4v) is 3.28. The van der Waals surface area contributed by atoms with Crippen molar-refractivity contribution in [1.29, 1.82) is 0 Å². The number of hydrogen-bond donors (Lipinski definition) is 0. The van der Waals surface area contributed by atoms with Crippen LogP contribution in [0.2, 0.25) is 0 Å². The van der Waals surface area contributed by atoms with E-state index in [4.69, 9.17) is 0 Å². The Morgan fingerprint density at radius 2 is 2.04 bits per heavy atom. The van der Waals surface area contributed by atoms with E-state index in [9.17, 15) is 9.59 Å². The summed E-state index contributed by atoms with van der Waals surface area (Å²) in [6.45, 7) is 5.41. The minimum Gasteiger partial charge on any atom is -0.332 e. The normalized spacial score (nSPS) is 18.0. The molecule has 1 amide bonds. The van der Waals surface area contributed by atoms with E-state index in [1.807, 2.05) is 29.5 Å². The van der Waals surface area contributed by atoms with Gasteiger partial charge in [-0.3, -0.25) is 14.3 Å². The summed E-state index contributed by atoms with van der Waals surface area (Å²) in [7, 11) is 1.56. The molecule has 0 spiro atoms. The predicted octanol–water partition coefficient (Wildman–Crippen LogP) is 1.29. The standard InChI is InChI=1S/C17H23N5O2/c1-12-10-13(2)22(18-12)11-14-6-4-5-9-21(14)17(24)15-7-8-16(23)20(3)19-15/h7-8,10,14H,4-6,9,11H2,1-3H3/t14-/m1/s1. The van der Waals surface area contributed by atoms with Gasteiger partial charge in [0.1, 0.15) is 5.69 Å². The topological polar surface area (TPSA) is 73.0 Å². The van der Waals surface area contributed by atoms with Crippen molar-refractivity contribution in [3.05, 3.63) is 45.6 Å². The molecule has 0 aliphatic carbocycles. The summed E-state index contributed by atoms with van der Waals surface area (Å²) in [6, 6.07) is 5.05. The molecule has 128 valence electrons. The number of hydrogen-bond acceptors (Lipinski definition) is 4. The first kappa shape index (κ1) is 16.4. The van der Waals surface area contributed by atoms with Gasteiger partial charge in [-0.2, -0.15) is 10.2 Å². The van der Waals surface area contributed by atoms with Crippen molar-refractivity contribution >= 4 is 5.91 Å². The molecule has 1 atom stereocenters. The molecule has 7 heteroatoms. The smallest absolute Gasteiger partial charge is 0.274 e. The number of aromatic nitrogens is 4.